The monoisotopic (exact) mass is 387 g/mol. The molecule has 0 unspecified atom stereocenters. The molecule has 26 heavy (non-hydrogen) atoms. The zero-order valence-corrected chi connectivity index (χ0v) is 16.0. The maximum absolute atomic E-state index is 12.5. The summed E-state index contributed by atoms with van der Waals surface area (Å²) in [5.74, 6) is 0.635. The first-order valence-corrected chi connectivity index (χ1v) is 9.32. The number of hydrogen-bond acceptors (Lipinski definition) is 5. The molecule has 1 aromatic carbocycles. The molecule has 0 fully saturated rings. The predicted octanol–water partition coefficient (Wildman–Crippen LogP) is 3.80. The number of amides is 1. The molecule has 2 aromatic heterocycles. The molecule has 3 rings (SSSR count). The van der Waals surface area contributed by atoms with E-state index in [1.807, 2.05) is 36.6 Å². The fourth-order valence-electron chi connectivity index (χ4n) is 2.32. The quantitative estimate of drug-likeness (QED) is 0.514. The van der Waals surface area contributed by atoms with Crippen molar-refractivity contribution >= 4 is 35.0 Å². The van der Waals surface area contributed by atoms with E-state index in [4.69, 9.17) is 11.6 Å². The standard InChI is InChI=1S/C18H18ClN5OS/c1-12(17(25)21-15-9-6-10-20-16(15)19)26-18-23-22-13(2)24(18)11-14-7-4-3-5-8-14/h3-10,12H,11H2,1-2H3,(H,21,25)/t12-/m1/s1. The van der Waals surface area contributed by atoms with Gasteiger partial charge >= 0.3 is 0 Å². The van der Waals surface area contributed by atoms with Gasteiger partial charge in [0.1, 0.15) is 5.82 Å². The van der Waals surface area contributed by atoms with Crippen LogP contribution in [0, 0.1) is 6.92 Å². The molecule has 0 bridgehead atoms. The minimum Gasteiger partial charge on any atom is -0.322 e. The van der Waals surface area contributed by atoms with Gasteiger partial charge < -0.3 is 9.88 Å². The minimum absolute atomic E-state index is 0.170. The van der Waals surface area contributed by atoms with E-state index in [0.717, 1.165) is 11.4 Å². The molecule has 3 aromatic rings. The van der Waals surface area contributed by atoms with Crippen molar-refractivity contribution in [2.24, 2.45) is 0 Å². The van der Waals surface area contributed by atoms with Gasteiger partial charge in [0.2, 0.25) is 5.91 Å². The van der Waals surface area contributed by atoms with Gasteiger partial charge in [-0.05, 0) is 31.5 Å². The van der Waals surface area contributed by atoms with E-state index in [1.165, 1.54) is 11.8 Å². The van der Waals surface area contributed by atoms with Gasteiger partial charge in [0, 0.05) is 6.20 Å². The van der Waals surface area contributed by atoms with E-state index >= 15 is 0 Å². The first-order valence-electron chi connectivity index (χ1n) is 8.06. The second-order valence-electron chi connectivity index (χ2n) is 5.69. The number of halogens is 1. The van der Waals surface area contributed by atoms with Crippen LogP contribution in [-0.4, -0.2) is 30.9 Å². The lowest BCUT2D eigenvalue weighted by molar-refractivity contribution is -0.115. The molecule has 0 spiro atoms. The summed E-state index contributed by atoms with van der Waals surface area (Å²) in [6, 6.07) is 13.5. The van der Waals surface area contributed by atoms with Gasteiger partial charge in [-0.15, -0.1) is 10.2 Å². The number of nitrogens with one attached hydrogen (secondary N) is 1. The van der Waals surface area contributed by atoms with Crippen molar-refractivity contribution in [2.45, 2.75) is 30.8 Å². The van der Waals surface area contributed by atoms with Crippen molar-refractivity contribution < 1.29 is 4.79 Å². The van der Waals surface area contributed by atoms with Crippen LogP contribution in [0.25, 0.3) is 0 Å². The molecule has 1 atom stereocenters. The Hall–Kier alpha value is -2.38. The maximum Gasteiger partial charge on any atom is 0.237 e. The lowest BCUT2D eigenvalue weighted by atomic mass is 10.2. The molecule has 1 N–H and O–H groups in total. The van der Waals surface area contributed by atoms with Crippen molar-refractivity contribution in [2.75, 3.05) is 5.32 Å². The van der Waals surface area contributed by atoms with Crippen molar-refractivity contribution in [1.29, 1.82) is 0 Å². The molecule has 0 aliphatic rings. The summed E-state index contributed by atoms with van der Waals surface area (Å²) in [6.45, 7) is 4.38. The van der Waals surface area contributed by atoms with Crippen LogP contribution in [0.5, 0.6) is 0 Å². The van der Waals surface area contributed by atoms with Crippen LogP contribution in [0.15, 0.2) is 53.8 Å². The zero-order valence-electron chi connectivity index (χ0n) is 14.4. The number of pyridine rings is 1. The molecule has 6 nitrogen and oxygen atoms in total. The van der Waals surface area contributed by atoms with E-state index in [-0.39, 0.29) is 16.3 Å². The third-order valence-electron chi connectivity index (χ3n) is 3.75. The largest absolute Gasteiger partial charge is 0.322 e. The van der Waals surface area contributed by atoms with Gasteiger partial charge in [-0.1, -0.05) is 53.7 Å². The lowest BCUT2D eigenvalue weighted by Crippen LogP contribution is -2.23. The normalized spacial score (nSPS) is 12.0. The van der Waals surface area contributed by atoms with E-state index in [1.54, 1.807) is 18.3 Å². The molecule has 0 saturated carbocycles. The highest BCUT2D eigenvalue weighted by molar-refractivity contribution is 8.00. The lowest BCUT2D eigenvalue weighted by Gasteiger charge is -2.13. The third-order valence-corrected chi connectivity index (χ3v) is 5.14. The molecule has 134 valence electrons. The second-order valence-corrected chi connectivity index (χ2v) is 7.36. The average molecular weight is 388 g/mol. The number of hydrogen-bond donors (Lipinski definition) is 1. The van der Waals surface area contributed by atoms with Crippen LogP contribution in [0.3, 0.4) is 0 Å². The summed E-state index contributed by atoms with van der Waals surface area (Å²) in [5, 5.41) is 11.8. The smallest absolute Gasteiger partial charge is 0.237 e. The van der Waals surface area contributed by atoms with Crippen LogP contribution < -0.4 is 5.32 Å². The summed E-state index contributed by atoms with van der Waals surface area (Å²) in [5.41, 5.74) is 1.64. The zero-order chi connectivity index (χ0) is 18.5. The molecule has 0 aliphatic carbocycles. The summed E-state index contributed by atoms with van der Waals surface area (Å²) < 4.78 is 2.00. The number of carbonyl (C=O) groups is 1. The molecule has 1 amide bonds. The number of carbonyl (C=O) groups excluding carboxylic acids is 1. The highest BCUT2D eigenvalue weighted by Gasteiger charge is 2.20. The number of aromatic nitrogens is 4. The van der Waals surface area contributed by atoms with Crippen LogP contribution in [0.4, 0.5) is 5.69 Å². The molecular weight excluding hydrogens is 370 g/mol. The minimum atomic E-state index is -0.371. The molecular formula is C18H18ClN5OS. The Morgan fingerprint density at radius 1 is 1.23 bits per heavy atom. The summed E-state index contributed by atoms with van der Waals surface area (Å²) in [7, 11) is 0. The van der Waals surface area contributed by atoms with Gasteiger partial charge in [0.25, 0.3) is 0 Å². The Morgan fingerprint density at radius 3 is 2.73 bits per heavy atom. The number of aryl methyl sites for hydroxylation is 1. The van der Waals surface area contributed by atoms with Crippen LogP contribution >= 0.6 is 23.4 Å². The average Bonchev–Trinajstić information content (AvgIpc) is 2.98. The van der Waals surface area contributed by atoms with Gasteiger partial charge in [0.05, 0.1) is 17.5 Å². The van der Waals surface area contributed by atoms with Crippen LogP contribution in [-0.2, 0) is 11.3 Å². The van der Waals surface area contributed by atoms with Crippen molar-refractivity contribution in [3.8, 4) is 0 Å². The first kappa shape index (κ1) is 18.4. The van der Waals surface area contributed by atoms with Gasteiger partial charge in [-0.3, -0.25) is 4.79 Å². The Balaban J connectivity index is 1.70. The summed E-state index contributed by atoms with van der Waals surface area (Å²) in [6.07, 6.45) is 1.57. The maximum atomic E-state index is 12.5. The number of thioether (sulfide) groups is 1. The fraction of sp³-hybridized carbons (Fsp3) is 0.222. The van der Waals surface area contributed by atoms with Crippen molar-refractivity contribution in [3.63, 3.8) is 0 Å². The summed E-state index contributed by atoms with van der Waals surface area (Å²) >= 11 is 7.35. The van der Waals surface area contributed by atoms with Crippen LogP contribution in [0.1, 0.15) is 18.3 Å². The number of anilines is 1. The fourth-order valence-corrected chi connectivity index (χ4v) is 3.38. The highest BCUT2D eigenvalue weighted by Crippen LogP contribution is 2.25. The first-order chi connectivity index (χ1) is 12.5. The third kappa shape index (κ3) is 4.42. The van der Waals surface area contributed by atoms with E-state index in [9.17, 15) is 4.79 Å². The van der Waals surface area contributed by atoms with E-state index in [0.29, 0.717) is 17.4 Å². The second kappa shape index (κ2) is 8.33. The van der Waals surface area contributed by atoms with E-state index in [2.05, 4.69) is 32.6 Å². The highest BCUT2D eigenvalue weighted by atomic mass is 35.5. The van der Waals surface area contributed by atoms with Crippen LogP contribution in [0.2, 0.25) is 5.15 Å². The number of rotatable bonds is 6. The molecule has 2 heterocycles. The predicted molar refractivity (Wildman–Crippen MR) is 103 cm³/mol. The number of nitrogens with zero attached hydrogens (tertiary/aromatic N) is 4. The summed E-state index contributed by atoms with van der Waals surface area (Å²) in [4.78, 5) is 16.4. The Morgan fingerprint density at radius 2 is 2.00 bits per heavy atom. The Kier molecular flexibility index (Phi) is 5.90. The van der Waals surface area contributed by atoms with Gasteiger partial charge in [-0.2, -0.15) is 0 Å². The Bertz CT molecular complexity index is 900. The van der Waals surface area contributed by atoms with Gasteiger partial charge in [0.15, 0.2) is 10.3 Å². The topological polar surface area (TPSA) is 72.7 Å². The molecule has 0 saturated heterocycles. The Labute approximate surface area is 161 Å². The van der Waals surface area contributed by atoms with E-state index < -0.39 is 0 Å². The molecule has 8 heteroatoms. The molecule has 0 radical (unpaired) electrons. The van der Waals surface area contributed by atoms with Crippen molar-refractivity contribution in [1.82, 2.24) is 19.7 Å². The van der Waals surface area contributed by atoms with Crippen molar-refractivity contribution in [3.05, 3.63) is 65.2 Å². The number of benzene rings is 1. The molecule has 0 aliphatic heterocycles. The SMILES string of the molecule is Cc1nnc(S[C@H](C)C(=O)Nc2cccnc2Cl)n1Cc1ccccc1. The van der Waals surface area contributed by atoms with Gasteiger partial charge in [-0.25, -0.2) is 4.98 Å².